The van der Waals surface area contributed by atoms with Crippen molar-refractivity contribution in [3.8, 4) is 11.4 Å². The third kappa shape index (κ3) is 3.32. The highest BCUT2D eigenvalue weighted by Gasteiger charge is 2.17. The minimum absolute atomic E-state index is 0.791. The summed E-state index contributed by atoms with van der Waals surface area (Å²) in [5.41, 5.74) is 3.60. The SMILES string of the molecule is CCn1c(SCc2ccccc2Cl)nnc1-c1csc(C)c1C. The molecule has 0 aliphatic heterocycles. The van der Waals surface area contributed by atoms with Gasteiger partial charge in [-0.3, -0.25) is 0 Å². The Balaban J connectivity index is 1.87. The highest BCUT2D eigenvalue weighted by Crippen LogP contribution is 2.32. The number of thiophene rings is 1. The molecule has 23 heavy (non-hydrogen) atoms. The van der Waals surface area contributed by atoms with Crippen molar-refractivity contribution in [3.05, 3.63) is 50.7 Å². The molecule has 0 spiro atoms. The van der Waals surface area contributed by atoms with Gasteiger partial charge < -0.3 is 4.57 Å². The topological polar surface area (TPSA) is 30.7 Å². The van der Waals surface area contributed by atoms with Crippen LogP contribution in [-0.4, -0.2) is 14.8 Å². The number of hydrogen-bond donors (Lipinski definition) is 0. The lowest BCUT2D eigenvalue weighted by atomic mass is 10.1. The lowest BCUT2D eigenvalue weighted by Crippen LogP contribution is -2.00. The first kappa shape index (κ1) is 16.6. The van der Waals surface area contributed by atoms with E-state index < -0.39 is 0 Å². The van der Waals surface area contributed by atoms with Gasteiger partial charge >= 0.3 is 0 Å². The summed E-state index contributed by atoms with van der Waals surface area (Å²) >= 11 is 9.67. The number of hydrogen-bond acceptors (Lipinski definition) is 4. The molecule has 2 aromatic heterocycles. The van der Waals surface area contributed by atoms with Gasteiger partial charge in [-0.05, 0) is 38.0 Å². The molecule has 3 rings (SSSR count). The average Bonchev–Trinajstić information content (AvgIpc) is 3.10. The summed E-state index contributed by atoms with van der Waals surface area (Å²) in [6, 6.07) is 7.93. The second-order valence-electron chi connectivity index (χ2n) is 5.26. The lowest BCUT2D eigenvalue weighted by Gasteiger charge is -2.08. The normalized spacial score (nSPS) is 11.1. The Morgan fingerprint density at radius 2 is 2.00 bits per heavy atom. The van der Waals surface area contributed by atoms with Crippen LogP contribution in [0.25, 0.3) is 11.4 Å². The van der Waals surface area contributed by atoms with E-state index in [-0.39, 0.29) is 0 Å². The van der Waals surface area contributed by atoms with Crippen molar-refractivity contribution >= 4 is 34.7 Å². The molecular formula is C17H18ClN3S2. The average molecular weight is 364 g/mol. The Morgan fingerprint density at radius 1 is 1.22 bits per heavy atom. The van der Waals surface area contributed by atoms with E-state index >= 15 is 0 Å². The maximum atomic E-state index is 6.23. The van der Waals surface area contributed by atoms with Crippen LogP contribution in [0.3, 0.4) is 0 Å². The van der Waals surface area contributed by atoms with Gasteiger partial charge in [0.05, 0.1) is 0 Å². The summed E-state index contributed by atoms with van der Waals surface area (Å²) in [5.74, 6) is 1.75. The Bertz CT molecular complexity index is 823. The van der Waals surface area contributed by atoms with Crippen molar-refractivity contribution in [1.82, 2.24) is 14.8 Å². The molecule has 0 saturated heterocycles. The molecule has 0 radical (unpaired) electrons. The fourth-order valence-electron chi connectivity index (χ4n) is 2.37. The monoisotopic (exact) mass is 363 g/mol. The van der Waals surface area contributed by atoms with E-state index in [1.54, 1.807) is 23.1 Å². The van der Waals surface area contributed by atoms with Crippen LogP contribution >= 0.6 is 34.7 Å². The maximum Gasteiger partial charge on any atom is 0.191 e. The molecule has 0 N–H and O–H groups in total. The van der Waals surface area contributed by atoms with Gasteiger partial charge in [-0.1, -0.05) is 41.6 Å². The number of aromatic nitrogens is 3. The number of thioether (sulfide) groups is 1. The van der Waals surface area contributed by atoms with Crippen molar-refractivity contribution in [2.75, 3.05) is 0 Å². The summed E-state index contributed by atoms with van der Waals surface area (Å²) < 4.78 is 2.18. The molecule has 6 heteroatoms. The Labute approximate surface area is 149 Å². The Morgan fingerprint density at radius 3 is 2.65 bits per heavy atom. The molecule has 1 aromatic carbocycles. The van der Waals surface area contributed by atoms with Gasteiger partial charge in [0.2, 0.25) is 0 Å². The third-order valence-corrected chi connectivity index (χ3v) is 6.27. The fraction of sp³-hybridized carbons (Fsp3) is 0.294. The van der Waals surface area contributed by atoms with Crippen molar-refractivity contribution < 1.29 is 0 Å². The van der Waals surface area contributed by atoms with E-state index in [0.717, 1.165) is 33.9 Å². The van der Waals surface area contributed by atoms with Gasteiger partial charge in [0.1, 0.15) is 0 Å². The zero-order valence-electron chi connectivity index (χ0n) is 13.3. The molecule has 3 aromatic rings. The molecule has 0 bridgehead atoms. The second kappa shape index (κ2) is 7.07. The number of aryl methyl sites for hydroxylation is 1. The molecule has 0 amide bonds. The van der Waals surface area contributed by atoms with Crippen LogP contribution in [0.2, 0.25) is 5.02 Å². The van der Waals surface area contributed by atoms with Crippen molar-refractivity contribution in [1.29, 1.82) is 0 Å². The van der Waals surface area contributed by atoms with Crippen LogP contribution in [-0.2, 0) is 12.3 Å². The first-order valence-corrected chi connectivity index (χ1v) is 9.70. The van der Waals surface area contributed by atoms with E-state index in [1.165, 1.54) is 16.0 Å². The molecule has 0 unspecified atom stereocenters. The predicted octanol–water partition coefficient (Wildman–Crippen LogP) is 5.59. The Kier molecular flexibility index (Phi) is 5.09. The molecule has 0 fully saturated rings. The second-order valence-corrected chi connectivity index (χ2v) is 7.69. The molecule has 0 aliphatic rings. The maximum absolute atomic E-state index is 6.23. The number of nitrogens with zero attached hydrogens (tertiary/aromatic N) is 3. The molecule has 0 saturated carbocycles. The highest BCUT2D eigenvalue weighted by molar-refractivity contribution is 7.98. The van der Waals surface area contributed by atoms with Crippen LogP contribution in [0.4, 0.5) is 0 Å². The van der Waals surface area contributed by atoms with Crippen LogP contribution in [0.15, 0.2) is 34.8 Å². The fourth-order valence-corrected chi connectivity index (χ4v) is 4.52. The lowest BCUT2D eigenvalue weighted by molar-refractivity contribution is 0.687. The summed E-state index contributed by atoms with van der Waals surface area (Å²) in [6.07, 6.45) is 0. The summed E-state index contributed by atoms with van der Waals surface area (Å²) in [7, 11) is 0. The Hall–Kier alpha value is -1.30. The van der Waals surface area contributed by atoms with Gasteiger partial charge in [0.15, 0.2) is 11.0 Å². The molecule has 0 atom stereocenters. The predicted molar refractivity (Wildman–Crippen MR) is 99.5 cm³/mol. The van der Waals surface area contributed by atoms with Crippen LogP contribution < -0.4 is 0 Å². The van der Waals surface area contributed by atoms with Gasteiger partial charge in [0, 0.05) is 33.1 Å². The summed E-state index contributed by atoms with van der Waals surface area (Å²) in [4.78, 5) is 1.33. The highest BCUT2D eigenvalue weighted by atomic mass is 35.5. The number of benzene rings is 1. The minimum atomic E-state index is 0.791. The minimum Gasteiger partial charge on any atom is -0.302 e. The number of halogens is 1. The van der Waals surface area contributed by atoms with E-state index in [0.29, 0.717) is 0 Å². The molecule has 3 nitrogen and oxygen atoms in total. The standard InChI is InChI=1S/C17H18ClN3S2/c1-4-21-16(14-10-22-12(3)11(14)2)19-20-17(21)23-9-13-7-5-6-8-15(13)18/h5-8,10H,4,9H2,1-3H3. The van der Waals surface area contributed by atoms with E-state index in [1.807, 2.05) is 18.2 Å². The smallest absolute Gasteiger partial charge is 0.191 e. The van der Waals surface area contributed by atoms with E-state index in [4.69, 9.17) is 11.6 Å². The van der Waals surface area contributed by atoms with Crippen molar-refractivity contribution in [3.63, 3.8) is 0 Å². The summed E-state index contributed by atoms with van der Waals surface area (Å²) in [6.45, 7) is 7.26. The van der Waals surface area contributed by atoms with E-state index in [9.17, 15) is 0 Å². The van der Waals surface area contributed by atoms with E-state index in [2.05, 4.69) is 47.0 Å². The molecule has 120 valence electrons. The zero-order chi connectivity index (χ0) is 16.4. The molecule has 2 heterocycles. The van der Waals surface area contributed by atoms with Gasteiger partial charge in [-0.15, -0.1) is 21.5 Å². The van der Waals surface area contributed by atoms with Gasteiger partial charge in [-0.25, -0.2) is 0 Å². The van der Waals surface area contributed by atoms with Crippen molar-refractivity contribution in [2.45, 2.75) is 38.2 Å². The first-order chi connectivity index (χ1) is 11.1. The summed E-state index contributed by atoms with van der Waals surface area (Å²) in [5, 5.41) is 12.7. The van der Waals surface area contributed by atoms with Gasteiger partial charge in [0.25, 0.3) is 0 Å². The van der Waals surface area contributed by atoms with Gasteiger partial charge in [-0.2, -0.15) is 0 Å². The quantitative estimate of drug-likeness (QED) is 0.553. The number of rotatable bonds is 5. The first-order valence-electron chi connectivity index (χ1n) is 7.46. The van der Waals surface area contributed by atoms with Crippen molar-refractivity contribution in [2.24, 2.45) is 0 Å². The van der Waals surface area contributed by atoms with Crippen LogP contribution in [0.1, 0.15) is 22.9 Å². The molecular weight excluding hydrogens is 346 g/mol. The molecule has 0 aliphatic carbocycles. The third-order valence-electron chi connectivity index (χ3n) is 3.87. The van der Waals surface area contributed by atoms with Crippen LogP contribution in [0.5, 0.6) is 0 Å². The largest absolute Gasteiger partial charge is 0.302 e. The van der Waals surface area contributed by atoms with Crippen LogP contribution in [0, 0.1) is 13.8 Å². The zero-order valence-corrected chi connectivity index (χ0v) is 15.7.